The standard InChI is InChI=1S/C12H19ClN4O/c1-4-17(5-2)12(18)9-16(3)8-10-6-15-11(13)7-14-10/h6-7H,4-5,8-9H2,1-3H3. The number of likely N-dealkylation sites (N-methyl/N-ethyl adjacent to an activating group) is 2. The monoisotopic (exact) mass is 270 g/mol. The van der Waals surface area contributed by atoms with E-state index in [0.29, 0.717) is 18.2 Å². The van der Waals surface area contributed by atoms with Crippen LogP contribution in [-0.2, 0) is 11.3 Å². The van der Waals surface area contributed by atoms with Gasteiger partial charge < -0.3 is 4.90 Å². The number of hydrogen-bond acceptors (Lipinski definition) is 4. The van der Waals surface area contributed by atoms with Crippen LogP contribution in [0.4, 0.5) is 0 Å². The van der Waals surface area contributed by atoms with Gasteiger partial charge in [-0.2, -0.15) is 0 Å². The lowest BCUT2D eigenvalue weighted by Gasteiger charge is -2.22. The van der Waals surface area contributed by atoms with Crippen LogP contribution in [0.1, 0.15) is 19.5 Å². The second kappa shape index (κ2) is 7.28. The molecule has 1 aromatic heterocycles. The first kappa shape index (κ1) is 14.9. The highest BCUT2D eigenvalue weighted by molar-refractivity contribution is 6.29. The molecule has 0 N–H and O–H groups in total. The summed E-state index contributed by atoms with van der Waals surface area (Å²) in [5, 5.41) is 0.376. The van der Waals surface area contributed by atoms with Gasteiger partial charge in [0.1, 0.15) is 5.15 Å². The fourth-order valence-electron chi connectivity index (χ4n) is 1.66. The Morgan fingerprint density at radius 1 is 1.28 bits per heavy atom. The maximum Gasteiger partial charge on any atom is 0.236 e. The predicted octanol–water partition coefficient (Wildman–Crippen LogP) is 1.43. The average molecular weight is 271 g/mol. The van der Waals surface area contributed by atoms with E-state index in [1.165, 1.54) is 6.20 Å². The molecule has 1 aromatic rings. The number of nitrogens with zero attached hydrogens (tertiary/aromatic N) is 4. The molecule has 0 aromatic carbocycles. The van der Waals surface area contributed by atoms with Gasteiger partial charge in [-0.05, 0) is 20.9 Å². The highest BCUT2D eigenvalue weighted by Crippen LogP contribution is 2.03. The van der Waals surface area contributed by atoms with Gasteiger partial charge in [-0.15, -0.1) is 0 Å². The normalized spacial score (nSPS) is 10.7. The Hall–Kier alpha value is -1.20. The second-order valence-electron chi connectivity index (χ2n) is 4.07. The van der Waals surface area contributed by atoms with Gasteiger partial charge in [0, 0.05) is 19.6 Å². The molecular weight excluding hydrogens is 252 g/mol. The summed E-state index contributed by atoms with van der Waals surface area (Å²) in [6, 6.07) is 0. The van der Waals surface area contributed by atoms with E-state index in [1.54, 1.807) is 6.20 Å². The van der Waals surface area contributed by atoms with Crippen molar-refractivity contribution in [3.05, 3.63) is 23.2 Å². The molecule has 1 rings (SSSR count). The Labute approximate surface area is 113 Å². The molecule has 0 bridgehead atoms. The van der Waals surface area contributed by atoms with Gasteiger partial charge in [-0.1, -0.05) is 11.6 Å². The highest BCUT2D eigenvalue weighted by atomic mass is 35.5. The van der Waals surface area contributed by atoms with Crippen molar-refractivity contribution in [3.63, 3.8) is 0 Å². The molecule has 18 heavy (non-hydrogen) atoms. The summed E-state index contributed by atoms with van der Waals surface area (Å²) in [6.45, 7) is 6.40. The Bertz CT molecular complexity index is 378. The lowest BCUT2D eigenvalue weighted by Crippen LogP contribution is -2.38. The van der Waals surface area contributed by atoms with Crippen molar-refractivity contribution < 1.29 is 4.79 Å². The van der Waals surface area contributed by atoms with Crippen LogP contribution in [0.25, 0.3) is 0 Å². The summed E-state index contributed by atoms with van der Waals surface area (Å²) in [6.07, 6.45) is 3.14. The quantitative estimate of drug-likeness (QED) is 0.785. The van der Waals surface area contributed by atoms with E-state index in [4.69, 9.17) is 11.6 Å². The van der Waals surface area contributed by atoms with Gasteiger partial charge in [0.25, 0.3) is 0 Å². The minimum absolute atomic E-state index is 0.129. The Morgan fingerprint density at radius 2 is 1.94 bits per heavy atom. The first-order valence-electron chi connectivity index (χ1n) is 5.99. The van der Waals surface area contributed by atoms with Crippen LogP contribution in [0.5, 0.6) is 0 Å². The van der Waals surface area contributed by atoms with E-state index >= 15 is 0 Å². The molecule has 1 amide bonds. The average Bonchev–Trinajstić information content (AvgIpc) is 2.33. The number of carbonyl (C=O) groups is 1. The highest BCUT2D eigenvalue weighted by Gasteiger charge is 2.12. The summed E-state index contributed by atoms with van der Waals surface area (Å²) in [4.78, 5) is 23.7. The van der Waals surface area contributed by atoms with Crippen LogP contribution in [0.15, 0.2) is 12.4 Å². The third-order valence-corrected chi connectivity index (χ3v) is 2.82. The minimum atomic E-state index is 0.129. The topological polar surface area (TPSA) is 49.3 Å². The lowest BCUT2D eigenvalue weighted by atomic mass is 10.3. The van der Waals surface area contributed by atoms with Gasteiger partial charge in [0.05, 0.1) is 24.6 Å². The summed E-state index contributed by atoms with van der Waals surface area (Å²) in [5.74, 6) is 0.129. The van der Waals surface area contributed by atoms with Crippen LogP contribution < -0.4 is 0 Å². The molecule has 100 valence electrons. The molecule has 0 aliphatic rings. The number of halogens is 1. The molecule has 6 heteroatoms. The Morgan fingerprint density at radius 3 is 2.44 bits per heavy atom. The summed E-state index contributed by atoms with van der Waals surface area (Å²) >= 11 is 5.66. The molecule has 0 aliphatic carbocycles. The zero-order valence-electron chi connectivity index (χ0n) is 11.1. The van der Waals surface area contributed by atoms with E-state index < -0.39 is 0 Å². The SMILES string of the molecule is CCN(CC)C(=O)CN(C)Cc1cnc(Cl)cn1. The number of amides is 1. The van der Waals surface area contributed by atoms with Gasteiger partial charge in [-0.3, -0.25) is 14.7 Å². The Balaban J connectivity index is 2.48. The summed E-state index contributed by atoms with van der Waals surface area (Å²) in [5.41, 5.74) is 0.800. The molecule has 0 spiro atoms. The van der Waals surface area contributed by atoms with E-state index in [2.05, 4.69) is 9.97 Å². The molecule has 0 saturated heterocycles. The molecule has 0 radical (unpaired) electrons. The number of aromatic nitrogens is 2. The Kier molecular flexibility index (Phi) is 6.01. The zero-order valence-corrected chi connectivity index (χ0v) is 11.8. The third-order valence-electron chi connectivity index (χ3n) is 2.63. The minimum Gasteiger partial charge on any atom is -0.342 e. The fourth-order valence-corrected chi connectivity index (χ4v) is 1.76. The van der Waals surface area contributed by atoms with Crippen LogP contribution in [0.2, 0.25) is 5.15 Å². The van der Waals surface area contributed by atoms with Crippen molar-refractivity contribution in [2.45, 2.75) is 20.4 Å². The van der Waals surface area contributed by atoms with E-state index in [0.717, 1.165) is 18.8 Å². The van der Waals surface area contributed by atoms with Crippen LogP contribution in [0, 0.1) is 0 Å². The first-order chi connectivity index (χ1) is 8.56. The third kappa shape index (κ3) is 4.58. The van der Waals surface area contributed by atoms with Crippen LogP contribution >= 0.6 is 11.6 Å². The smallest absolute Gasteiger partial charge is 0.236 e. The maximum absolute atomic E-state index is 11.9. The van der Waals surface area contributed by atoms with Crippen molar-refractivity contribution >= 4 is 17.5 Å². The van der Waals surface area contributed by atoms with Crippen molar-refractivity contribution in [1.29, 1.82) is 0 Å². The fraction of sp³-hybridized carbons (Fsp3) is 0.583. The van der Waals surface area contributed by atoms with E-state index in [1.807, 2.05) is 30.7 Å². The maximum atomic E-state index is 11.9. The molecular formula is C12H19ClN4O. The van der Waals surface area contributed by atoms with Crippen molar-refractivity contribution in [3.8, 4) is 0 Å². The van der Waals surface area contributed by atoms with Gasteiger partial charge in [-0.25, -0.2) is 4.98 Å². The molecule has 5 nitrogen and oxygen atoms in total. The summed E-state index contributed by atoms with van der Waals surface area (Å²) < 4.78 is 0. The van der Waals surface area contributed by atoms with E-state index in [9.17, 15) is 4.79 Å². The molecule has 0 fully saturated rings. The number of carbonyl (C=O) groups excluding carboxylic acids is 1. The van der Waals surface area contributed by atoms with Crippen molar-refractivity contribution in [1.82, 2.24) is 19.8 Å². The van der Waals surface area contributed by atoms with E-state index in [-0.39, 0.29) is 5.91 Å². The molecule has 1 heterocycles. The lowest BCUT2D eigenvalue weighted by molar-refractivity contribution is -0.131. The van der Waals surface area contributed by atoms with Crippen LogP contribution in [-0.4, -0.2) is 52.4 Å². The zero-order chi connectivity index (χ0) is 13.5. The van der Waals surface area contributed by atoms with Crippen molar-refractivity contribution in [2.75, 3.05) is 26.7 Å². The molecule has 0 unspecified atom stereocenters. The van der Waals surface area contributed by atoms with Crippen molar-refractivity contribution in [2.24, 2.45) is 0 Å². The largest absolute Gasteiger partial charge is 0.342 e. The van der Waals surface area contributed by atoms with Gasteiger partial charge in [0.15, 0.2) is 0 Å². The van der Waals surface area contributed by atoms with Crippen LogP contribution in [0.3, 0.4) is 0 Å². The second-order valence-corrected chi connectivity index (χ2v) is 4.46. The van der Waals surface area contributed by atoms with Gasteiger partial charge >= 0.3 is 0 Å². The molecule has 0 atom stereocenters. The number of rotatable bonds is 6. The predicted molar refractivity (Wildman–Crippen MR) is 71.3 cm³/mol. The van der Waals surface area contributed by atoms with Gasteiger partial charge in [0.2, 0.25) is 5.91 Å². The molecule has 0 saturated carbocycles. The molecule has 0 aliphatic heterocycles. The summed E-state index contributed by atoms with van der Waals surface area (Å²) in [7, 11) is 1.89. The number of hydrogen-bond donors (Lipinski definition) is 0. The first-order valence-corrected chi connectivity index (χ1v) is 6.37.